The molecule has 7 N–H and O–H groups in total. The molecule has 12 nitrogen and oxygen atoms in total. The Morgan fingerprint density at radius 3 is 1.56 bits per heavy atom. The van der Waals surface area contributed by atoms with Crippen molar-refractivity contribution >= 4 is 17.7 Å². The molecule has 2 aliphatic carbocycles. The van der Waals surface area contributed by atoms with Crippen molar-refractivity contribution in [3.05, 3.63) is 143 Å². The summed E-state index contributed by atoms with van der Waals surface area (Å²) in [6.45, 7) is 7.38. The number of amides is 3. The molecular weight excluding hydrogens is 795 g/mol. The van der Waals surface area contributed by atoms with Gasteiger partial charge in [-0.05, 0) is 79.8 Å². The van der Waals surface area contributed by atoms with Gasteiger partial charge in [0.2, 0.25) is 17.7 Å². The molecule has 1 heterocycles. The minimum Gasteiger partial charge on any atom is -0.392 e. The van der Waals surface area contributed by atoms with E-state index in [2.05, 4.69) is 16.0 Å². The second-order valence-electron chi connectivity index (χ2n) is 19.0. The van der Waals surface area contributed by atoms with Crippen molar-refractivity contribution in [1.29, 1.82) is 0 Å². The molecule has 3 aliphatic rings. The average Bonchev–Trinajstić information content (AvgIpc) is 3.74. The highest BCUT2D eigenvalue weighted by Gasteiger charge is 2.39. The van der Waals surface area contributed by atoms with Crippen molar-refractivity contribution in [2.24, 2.45) is 11.8 Å². The second kappa shape index (κ2) is 20.7. The van der Waals surface area contributed by atoms with Gasteiger partial charge in [0.1, 0.15) is 6.04 Å². The van der Waals surface area contributed by atoms with E-state index in [0.29, 0.717) is 45.3 Å². The van der Waals surface area contributed by atoms with Crippen LogP contribution in [0.2, 0.25) is 0 Å². The third-order valence-electron chi connectivity index (χ3n) is 12.8. The fourth-order valence-corrected chi connectivity index (χ4v) is 9.74. The van der Waals surface area contributed by atoms with Crippen LogP contribution in [-0.4, -0.2) is 117 Å². The zero-order valence-electron chi connectivity index (χ0n) is 36.8. The Hall–Kier alpha value is -4.95. The van der Waals surface area contributed by atoms with E-state index < -0.39 is 59.9 Å². The molecule has 1 saturated heterocycles. The summed E-state index contributed by atoms with van der Waals surface area (Å²) in [4.78, 5) is 46.1. The maximum Gasteiger partial charge on any atom is 0.239 e. The van der Waals surface area contributed by atoms with Gasteiger partial charge in [-0.1, -0.05) is 109 Å². The number of nitrogens with zero attached hydrogens (tertiary/aromatic N) is 2. The summed E-state index contributed by atoms with van der Waals surface area (Å²) in [5.74, 6) is -1.86. The molecule has 63 heavy (non-hydrogen) atoms. The van der Waals surface area contributed by atoms with Gasteiger partial charge in [0.05, 0.1) is 36.5 Å². The van der Waals surface area contributed by atoms with Gasteiger partial charge < -0.3 is 36.4 Å². The highest BCUT2D eigenvalue weighted by Crippen LogP contribution is 2.33. The molecule has 0 saturated carbocycles. The van der Waals surface area contributed by atoms with Crippen LogP contribution in [-0.2, 0) is 40.1 Å². The van der Waals surface area contributed by atoms with E-state index in [1.807, 2.05) is 140 Å². The molecule has 4 aromatic carbocycles. The number of rotatable bonds is 17. The molecule has 1 aliphatic heterocycles. The van der Waals surface area contributed by atoms with Crippen LogP contribution in [0.3, 0.4) is 0 Å². The van der Waals surface area contributed by atoms with Gasteiger partial charge >= 0.3 is 0 Å². The minimum absolute atomic E-state index is 0.145. The SMILES string of the molecule is CC(C)(C)NC(=O)[C@@H]1CN(C[C@@H](O)C[C@@H](Cc2ccccc2)C(=O)N[C@H]2c3ccccc3C[C@H]2O)CCN1C[C@@H](O)C[C@@H](Cc1ccccc1)C(=O)N[C@H]1c2ccccc2C[C@H]1O. The van der Waals surface area contributed by atoms with Crippen LogP contribution >= 0.6 is 0 Å². The molecule has 9 atom stereocenters. The van der Waals surface area contributed by atoms with Crippen molar-refractivity contribution in [3.63, 3.8) is 0 Å². The van der Waals surface area contributed by atoms with E-state index >= 15 is 0 Å². The maximum absolute atomic E-state index is 14.1. The number of nitrogens with one attached hydrogen (secondary N) is 3. The normalized spacial score (nSPS) is 23.2. The summed E-state index contributed by atoms with van der Waals surface area (Å²) in [7, 11) is 0. The van der Waals surface area contributed by atoms with Crippen LogP contribution in [0.4, 0.5) is 0 Å². The number of benzene rings is 4. The highest BCUT2D eigenvalue weighted by molar-refractivity contribution is 5.83. The second-order valence-corrected chi connectivity index (χ2v) is 19.0. The fraction of sp³-hybridized carbons (Fsp3) is 0.471. The number of piperazine rings is 1. The van der Waals surface area contributed by atoms with Crippen LogP contribution in [0.5, 0.6) is 0 Å². The first-order chi connectivity index (χ1) is 30.2. The lowest BCUT2D eigenvalue weighted by Crippen LogP contribution is -2.62. The lowest BCUT2D eigenvalue weighted by molar-refractivity contribution is -0.132. The highest BCUT2D eigenvalue weighted by atomic mass is 16.3. The first kappa shape index (κ1) is 46.1. The Morgan fingerprint density at radius 2 is 1.08 bits per heavy atom. The molecule has 336 valence electrons. The molecule has 7 rings (SSSR count). The van der Waals surface area contributed by atoms with Crippen LogP contribution < -0.4 is 16.0 Å². The first-order valence-corrected chi connectivity index (χ1v) is 22.6. The predicted molar refractivity (Wildman–Crippen MR) is 242 cm³/mol. The Labute approximate surface area is 371 Å². The monoisotopic (exact) mass is 859 g/mol. The van der Waals surface area contributed by atoms with Crippen molar-refractivity contribution in [1.82, 2.24) is 25.8 Å². The first-order valence-electron chi connectivity index (χ1n) is 22.6. The van der Waals surface area contributed by atoms with E-state index in [-0.39, 0.29) is 43.7 Å². The van der Waals surface area contributed by atoms with E-state index in [9.17, 15) is 34.8 Å². The standard InChI is InChI=1S/C51H65N5O7/c1-51(2,3)54-50(63)43-32-55(30-39(57)26-37(24-33-14-6-4-7-15-33)48(61)52-46-41-20-12-10-18-35(41)28-44(46)59)22-23-56(43)31-40(58)27-38(25-34-16-8-5-9-17-34)49(62)53-47-42-21-13-11-19-36(42)29-45(47)60/h4-21,37-40,43-47,57-60H,22-32H2,1-3H3,(H,52,61)(H,53,62)(H,54,63)/t37-,38-,39+,40+,43+,44-,45-,46+,47+/m1/s1. The lowest BCUT2D eigenvalue weighted by Gasteiger charge is -2.43. The zero-order chi connectivity index (χ0) is 44.7. The molecule has 4 aromatic rings. The molecular formula is C51H65N5O7. The van der Waals surface area contributed by atoms with E-state index in [0.717, 1.165) is 33.4 Å². The van der Waals surface area contributed by atoms with E-state index in [1.165, 1.54) is 0 Å². The summed E-state index contributed by atoms with van der Waals surface area (Å²) < 4.78 is 0. The van der Waals surface area contributed by atoms with Gasteiger partial charge in [0, 0.05) is 62.9 Å². The van der Waals surface area contributed by atoms with Crippen molar-refractivity contribution in [3.8, 4) is 0 Å². The van der Waals surface area contributed by atoms with Gasteiger partial charge in [-0.2, -0.15) is 0 Å². The Bertz CT molecular complexity index is 2150. The van der Waals surface area contributed by atoms with Crippen molar-refractivity contribution in [2.45, 2.75) is 107 Å². The van der Waals surface area contributed by atoms with Crippen molar-refractivity contribution in [2.75, 3.05) is 32.7 Å². The lowest BCUT2D eigenvalue weighted by atomic mass is 9.91. The van der Waals surface area contributed by atoms with Crippen LogP contribution in [0.15, 0.2) is 109 Å². The Balaban J connectivity index is 1.02. The summed E-state index contributed by atoms with van der Waals surface area (Å²) >= 11 is 0. The van der Waals surface area contributed by atoms with Crippen LogP contribution in [0.1, 0.15) is 79.1 Å². The third kappa shape index (κ3) is 12.2. The maximum atomic E-state index is 14.1. The average molecular weight is 860 g/mol. The third-order valence-corrected chi connectivity index (χ3v) is 12.8. The summed E-state index contributed by atoms with van der Waals surface area (Å²) in [6.07, 6.45) is -1.28. The summed E-state index contributed by atoms with van der Waals surface area (Å²) in [6, 6.07) is 33.1. The van der Waals surface area contributed by atoms with E-state index in [1.54, 1.807) is 0 Å². The molecule has 0 unspecified atom stereocenters. The van der Waals surface area contributed by atoms with Gasteiger partial charge in [0.25, 0.3) is 0 Å². The largest absolute Gasteiger partial charge is 0.392 e. The zero-order valence-corrected chi connectivity index (χ0v) is 36.8. The number of hydrogen-bond acceptors (Lipinski definition) is 9. The molecule has 0 aromatic heterocycles. The Morgan fingerprint density at radius 1 is 0.635 bits per heavy atom. The van der Waals surface area contributed by atoms with Crippen LogP contribution in [0, 0.1) is 11.8 Å². The minimum atomic E-state index is -0.949. The number of β-amino-alcohol motifs (C(OH)–C–C–N with tert-alkyl or cyclic N) is 2. The number of fused-ring (bicyclic) bond motifs is 2. The number of hydrogen-bond donors (Lipinski definition) is 7. The van der Waals surface area contributed by atoms with Crippen molar-refractivity contribution < 1.29 is 34.8 Å². The van der Waals surface area contributed by atoms with Gasteiger partial charge in [-0.25, -0.2) is 0 Å². The molecule has 0 radical (unpaired) electrons. The molecule has 0 spiro atoms. The smallest absolute Gasteiger partial charge is 0.239 e. The topological polar surface area (TPSA) is 175 Å². The Kier molecular flexibility index (Phi) is 15.1. The molecule has 0 bridgehead atoms. The van der Waals surface area contributed by atoms with Gasteiger partial charge in [-0.15, -0.1) is 0 Å². The molecule has 3 amide bonds. The van der Waals surface area contributed by atoms with Crippen LogP contribution in [0.25, 0.3) is 0 Å². The summed E-state index contributed by atoms with van der Waals surface area (Å²) in [5, 5.41) is 54.6. The number of aliphatic hydroxyl groups excluding tert-OH is 4. The number of carbonyl (C=O) groups excluding carboxylic acids is 3. The predicted octanol–water partition coefficient (Wildman–Crippen LogP) is 3.66. The molecule has 1 fully saturated rings. The summed E-state index contributed by atoms with van der Waals surface area (Å²) in [5.41, 5.74) is 5.23. The van der Waals surface area contributed by atoms with Gasteiger partial charge in [-0.3, -0.25) is 24.2 Å². The fourth-order valence-electron chi connectivity index (χ4n) is 9.74. The number of aliphatic hydroxyl groups is 4. The van der Waals surface area contributed by atoms with Gasteiger partial charge in [0.15, 0.2) is 0 Å². The van der Waals surface area contributed by atoms with E-state index in [4.69, 9.17) is 0 Å². The molecule has 12 heteroatoms. The number of carbonyl (C=O) groups is 3. The quantitative estimate of drug-likeness (QED) is 0.0837.